The van der Waals surface area contributed by atoms with Crippen molar-refractivity contribution in [3.63, 3.8) is 0 Å². The van der Waals surface area contributed by atoms with Crippen molar-refractivity contribution in [2.75, 3.05) is 0 Å². The van der Waals surface area contributed by atoms with E-state index in [9.17, 15) is 5.11 Å². The molecule has 0 saturated carbocycles. The van der Waals surface area contributed by atoms with Crippen LogP contribution in [-0.2, 0) is 0 Å². The van der Waals surface area contributed by atoms with Crippen molar-refractivity contribution in [2.24, 2.45) is 11.3 Å². The Morgan fingerprint density at radius 2 is 1.85 bits per heavy atom. The monoisotopic (exact) mass is 268 g/mol. The van der Waals surface area contributed by atoms with Gasteiger partial charge >= 0.3 is 0 Å². The zero-order valence-corrected chi connectivity index (χ0v) is 12.6. The van der Waals surface area contributed by atoms with E-state index in [0.29, 0.717) is 5.92 Å². The van der Waals surface area contributed by atoms with Crippen LogP contribution in [0, 0.1) is 11.3 Å². The molecule has 0 fully saturated rings. The first-order chi connectivity index (χ1) is 9.57. The quantitative estimate of drug-likeness (QED) is 0.829. The van der Waals surface area contributed by atoms with Crippen LogP contribution in [0.15, 0.2) is 66.3 Å². The molecule has 1 nitrogen and oxygen atoms in total. The van der Waals surface area contributed by atoms with Crippen LogP contribution in [0.3, 0.4) is 0 Å². The summed E-state index contributed by atoms with van der Waals surface area (Å²) in [4.78, 5) is 0. The van der Waals surface area contributed by atoms with Gasteiger partial charge in [-0.2, -0.15) is 0 Å². The molecule has 0 radical (unpaired) electrons. The molecule has 1 aliphatic rings. The van der Waals surface area contributed by atoms with Crippen LogP contribution in [0.25, 0.3) is 0 Å². The van der Waals surface area contributed by atoms with Crippen molar-refractivity contribution in [3.05, 3.63) is 71.8 Å². The number of benzene rings is 1. The minimum absolute atomic E-state index is 0.0589. The second-order valence-corrected chi connectivity index (χ2v) is 5.85. The SMILES string of the molecule is CCC(C)C1(C)C=CC=C(C(O)c2ccccc2)C=C1. The highest BCUT2D eigenvalue weighted by atomic mass is 16.3. The highest BCUT2D eigenvalue weighted by Gasteiger charge is 2.25. The van der Waals surface area contributed by atoms with Gasteiger partial charge in [0.05, 0.1) is 0 Å². The lowest BCUT2D eigenvalue weighted by atomic mass is 9.76. The molecule has 3 unspecified atom stereocenters. The van der Waals surface area contributed by atoms with Crippen LogP contribution in [0.2, 0.25) is 0 Å². The Kier molecular flexibility index (Phi) is 4.61. The molecule has 1 aromatic carbocycles. The number of rotatable bonds is 4. The standard InChI is InChI=1S/C19H24O/c1-4-15(2)19(3)13-8-11-17(12-14-19)18(20)16-9-6-5-7-10-16/h5-15,18,20H,4H2,1-3H3. The largest absolute Gasteiger partial charge is 0.384 e. The van der Waals surface area contributed by atoms with Crippen LogP contribution < -0.4 is 0 Å². The number of aliphatic hydroxyl groups excluding tert-OH is 1. The van der Waals surface area contributed by atoms with Crippen LogP contribution in [0.5, 0.6) is 0 Å². The van der Waals surface area contributed by atoms with Gasteiger partial charge in [-0.25, -0.2) is 0 Å². The summed E-state index contributed by atoms with van der Waals surface area (Å²) in [6.07, 6.45) is 11.2. The third kappa shape index (κ3) is 3.10. The molecule has 0 aliphatic heterocycles. The fourth-order valence-electron chi connectivity index (χ4n) is 2.53. The summed E-state index contributed by atoms with van der Waals surface area (Å²) in [6.45, 7) is 6.74. The molecule has 1 aromatic rings. The number of hydrogen-bond donors (Lipinski definition) is 1. The van der Waals surface area contributed by atoms with Gasteiger partial charge in [-0.1, -0.05) is 87.9 Å². The summed E-state index contributed by atoms with van der Waals surface area (Å²) in [5, 5.41) is 10.5. The second kappa shape index (κ2) is 6.23. The smallest absolute Gasteiger partial charge is 0.104 e. The summed E-state index contributed by atoms with van der Waals surface area (Å²) < 4.78 is 0. The molecule has 106 valence electrons. The van der Waals surface area contributed by atoms with E-state index in [1.54, 1.807) is 0 Å². The summed E-state index contributed by atoms with van der Waals surface area (Å²) in [5.74, 6) is 0.580. The van der Waals surface area contributed by atoms with Gasteiger partial charge in [0.2, 0.25) is 0 Å². The third-order valence-electron chi connectivity index (χ3n) is 4.48. The average Bonchev–Trinajstić information content (AvgIpc) is 2.69. The fourth-order valence-corrected chi connectivity index (χ4v) is 2.53. The zero-order valence-electron chi connectivity index (χ0n) is 12.6. The third-order valence-corrected chi connectivity index (χ3v) is 4.48. The van der Waals surface area contributed by atoms with Crippen molar-refractivity contribution in [1.29, 1.82) is 0 Å². The van der Waals surface area contributed by atoms with Crippen molar-refractivity contribution in [1.82, 2.24) is 0 Å². The number of aliphatic hydroxyl groups is 1. The minimum Gasteiger partial charge on any atom is -0.384 e. The predicted molar refractivity (Wildman–Crippen MR) is 85.3 cm³/mol. The minimum atomic E-state index is -0.559. The number of hydrogen-bond acceptors (Lipinski definition) is 1. The van der Waals surface area contributed by atoms with Crippen LogP contribution in [0.4, 0.5) is 0 Å². The first-order valence-electron chi connectivity index (χ1n) is 7.38. The van der Waals surface area contributed by atoms with Gasteiger partial charge in [-0.3, -0.25) is 0 Å². The first-order valence-corrected chi connectivity index (χ1v) is 7.38. The Hall–Kier alpha value is -1.60. The van der Waals surface area contributed by atoms with Crippen molar-refractivity contribution < 1.29 is 5.11 Å². The van der Waals surface area contributed by atoms with E-state index in [4.69, 9.17) is 0 Å². The van der Waals surface area contributed by atoms with Gasteiger partial charge in [0.1, 0.15) is 6.10 Å². The van der Waals surface area contributed by atoms with Gasteiger partial charge in [0.25, 0.3) is 0 Å². The molecule has 20 heavy (non-hydrogen) atoms. The summed E-state index contributed by atoms with van der Waals surface area (Å²) >= 11 is 0. The molecule has 2 rings (SSSR count). The molecule has 0 spiro atoms. The highest BCUT2D eigenvalue weighted by Crippen LogP contribution is 2.36. The van der Waals surface area contributed by atoms with Gasteiger partial charge < -0.3 is 5.11 Å². The Bertz CT molecular complexity index is 524. The van der Waals surface area contributed by atoms with E-state index in [1.165, 1.54) is 0 Å². The maximum atomic E-state index is 10.5. The zero-order chi connectivity index (χ0) is 14.6. The Morgan fingerprint density at radius 1 is 1.15 bits per heavy atom. The van der Waals surface area contributed by atoms with Gasteiger partial charge in [-0.05, 0) is 17.1 Å². The summed E-state index contributed by atoms with van der Waals surface area (Å²) in [5.41, 5.74) is 1.94. The molecule has 0 aromatic heterocycles. The Morgan fingerprint density at radius 3 is 2.50 bits per heavy atom. The molecular weight excluding hydrogens is 244 g/mol. The van der Waals surface area contributed by atoms with E-state index in [0.717, 1.165) is 17.6 Å². The van der Waals surface area contributed by atoms with Gasteiger partial charge in [0.15, 0.2) is 0 Å². The molecule has 0 amide bonds. The topological polar surface area (TPSA) is 20.2 Å². The lowest BCUT2D eigenvalue weighted by Crippen LogP contribution is -2.19. The van der Waals surface area contributed by atoms with E-state index >= 15 is 0 Å². The number of allylic oxidation sites excluding steroid dienone is 4. The predicted octanol–water partition coefficient (Wildman–Crippen LogP) is 4.82. The van der Waals surface area contributed by atoms with Crippen LogP contribution >= 0.6 is 0 Å². The van der Waals surface area contributed by atoms with Gasteiger partial charge in [0, 0.05) is 5.41 Å². The lowest BCUT2D eigenvalue weighted by Gasteiger charge is -2.28. The molecule has 0 saturated heterocycles. The fraction of sp³-hybridized carbons (Fsp3) is 0.368. The maximum Gasteiger partial charge on any atom is 0.104 e. The maximum absolute atomic E-state index is 10.5. The normalized spacial score (nSPS) is 24.9. The Labute approximate surface area is 122 Å². The van der Waals surface area contributed by atoms with E-state index in [2.05, 4.69) is 45.1 Å². The molecule has 1 heteroatoms. The van der Waals surface area contributed by atoms with Crippen molar-refractivity contribution in [3.8, 4) is 0 Å². The molecule has 3 atom stereocenters. The van der Waals surface area contributed by atoms with Crippen molar-refractivity contribution in [2.45, 2.75) is 33.3 Å². The summed E-state index contributed by atoms with van der Waals surface area (Å²) in [6, 6.07) is 9.80. The van der Waals surface area contributed by atoms with Crippen LogP contribution in [0.1, 0.15) is 38.9 Å². The van der Waals surface area contributed by atoms with Crippen LogP contribution in [-0.4, -0.2) is 5.11 Å². The van der Waals surface area contributed by atoms with Crippen molar-refractivity contribution >= 4 is 0 Å². The molecule has 0 heterocycles. The molecule has 1 N–H and O–H groups in total. The van der Waals surface area contributed by atoms with E-state index < -0.39 is 6.10 Å². The molecular formula is C19H24O. The van der Waals surface area contributed by atoms with E-state index in [-0.39, 0.29) is 5.41 Å². The summed E-state index contributed by atoms with van der Waals surface area (Å²) in [7, 11) is 0. The highest BCUT2D eigenvalue weighted by molar-refractivity contribution is 5.38. The second-order valence-electron chi connectivity index (χ2n) is 5.85. The molecule has 0 bridgehead atoms. The Balaban J connectivity index is 2.23. The molecule has 1 aliphatic carbocycles. The average molecular weight is 268 g/mol. The van der Waals surface area contributed by atoms with E-state index in [1.807, 2.05) is 36.4 Å². The van der Waals surface area contributed by atoms with Gasteiger partial charge in [-0.15, -0.1) is 0 Å². The lowest BCUT2D eigenvalue weighted by molar-refractivity contribution is 0.219. The first kappa shape index (κ1) is 14.8.